The highest BCUT2D eigenvalue weighted by Gasteiger charge is 2.31. The number of halogens is 3. The lowest BCUT2D eigenvalue weighted by Gasteiger charge is -2.36. The Morgan fingerprint density at radius 2 is 1.80 bits per heavy atom. The number of hydrogen-bond donors (Lipinski definition) is 1. The molecule has 30 heavy (non-hydrogen) atoms. The van der Waals surface area contributed by atoms with Gasteiger partial charge in [0.25, 0.3) is 5.69 Å². The second kappa shape index (κ2) is 9.26. The maximum absolute atomic E-state index is 12.6. The molecule has 2 heterocycles. The summed E-state index contributed by atoms with van der Waals surface area (Å²) < 4.78 is 43.4. The molecule has 1 saturated heterocycles. The molecule has 0 aliphatic carbocycles. The number of piperazine rings is 1. The first kappa shape index (κ1) is 21.8. The highest BCUT2D eigenvalue weighted by Crippen LogP contribution is 2.29. The third-order valence-electron chi connectivity index (χ3n) is 4.73. The minimum Gasteiger partial charge on any atom is -0.491 e. The van der Waals surface area contributed by atoms with E-state index >= 15 is 0 Å². The average molecular weight is 426 g/mol. The molecule has 1 unspecified atom stereocenters. The lowest BCUT2D eigenvalue weighted by atomic mass is 10.2. The molecule has 1 N–H and O–H groups in total. The summed E-state index contributed by atoms with van der Waals surface area (Å²) in [6, 6.07) is 7.99. The molecule has 1 aromatic heterocycles. The summed E-state index contributed by atoms with van der Waals surface area (Å²) >= 11 is 0. The van der Waals surface area contributed by atoms with Crippen molar-refractivity contribution in [3.05, 3.63) is 58.3 Å². The van der Waals surface area contributed by atoms with Crippen molar-refractivity contribution >= 4 is 11.5 Å². The highest BCUT2D eigenvalue weighted by atomic mass is 19.4. The first-order chi connectivity index (χ1) is 14.2. The van der Waals surface area contributed by atoms with Gasteiger partial charge in [-0.05, 0) is 24.3 Å². The first-order valence-corrected chi connectivity index (χ1v) is 9.28. The summed E-state index contributed by atoms with van der Waals surface area (Å²) in [5.41, 5.74) is -0.815. The molecule has 11 heteroatoms. The summed E-state index contributed by atoms with van der Waals surface area (Å²) in [6.45, 7) is 2.82. The minimum absolute atomic E-state index is 0.0386. The predicted octanol–water partition coefficient (Wildman–Crippen LogP) is 2.57. The third kappa shape index (κ3) is 5.80. The van der Waals surface area contributed by atoms with Crippen LogP contribution in [0.5, 0.6) is 5.75 Å². The van der Waals surface area contributed by atoms with E-state index < -0.39 is 22.8 Å². The summed E-state index contributed by atoms with van der Waals surface area (Å²) in [5, 5.41) is 20.8. The summed E-state index contributed by atoms with van der Waals surface area (Å²) in [6.07, 6.45) is -4.33. The molecular formula is C19H21F3N4O4. The quantitative estimate of drug-likeness (QED) is 0.537. The van der Waals surface area contributed by atoms with Gasteiger partial charge < -0.3 is 14.7 Å². The Labute approximate surface area is 170 Å². The number of rotatable bonds is 7. The standard InChI is InChI=1S/C19H21F3N4O4/c20-19(21,22)14-1-6-18(23-11-14)25-9-7-24(8-10-25)12-16(27)13-30-17-4-2-15(3-5-17)26(28)29/h1-6,11,16,27H,7-10,12-13H2. The number of aromatic nitrogens is 1. The second-order valence-electron chi connectivity index (χ2n) is 6.91. The molecule has 8 nitrogen and oxygen atoms in total. The molecule has 0 spiro atoms. The number of ether oxygens (including phenoxy) is 1. The van der Waals surface area contributed by atoms with Gasteiger partial charge in [0.05, 0.1) is 10.5 Å². The van der Waals surface area contributed by atoms with Gasteiger partial charge in [0, 0.05) is 51.1 Å². The van der Waals surface area contributed by atoms with Crippen LogP contribution in [0.3, 0.4) is 0 Å². The molecule has 1 aliphatic rings. The van der Waals surface area contributed by atoms with Gasteiger partial charge in [0.2, 0.25) is 0 Å². The van der Waals surface area contributed by atoms with Crippen molar-refractivity contribution in [3.63, 3.8) is 0 Å². The summed E-state index contributed by atoms with van der Waals surface area (Å²) in [7, 11) is 0. The number of non-ortho nitro benzene ring substituents is 1. The number of nitrogens with zero attached hydrogens (tertiary/aromatic N) is 4. The molecule has 0 saturated carbocycles. The number of anilines is 1. The van der Waals surface area contributed by atoms with E-state index in [4.69, 9.17) is 4.74 Å². The second-order valence-corrected chi connectivity index (χ2v) is 6.91. The van der Waals surface area contributed by atoms with Crippen LogP contribution in [0.4, 0.5) is 24.7 Å². The molecule has 1 aliphatic heterocycles. The van der Waals surface area contributed by atoms with Crippen LogP contribution in [0.2, 0.25) is 0 Å². The van der Waals surface area contributed by atoms with Gasteiger partial charge in [-0.3, -0.25) is 15.0 Å². The number of alkyl halides is 3. The summed E-state index contributed by atoms with van der Waals surface area (Å²) in [5.74, 6) is 0.919. The molecule has 2 aromatic rings. The zero-order chi connectivity index (χ0) is 21.7. The monoisotopic (exact) mass is 426 g/mol. The van der Waals surface area contributed by atoms with E-state index in [9.17, 15) is 28.4 Å². The Morgan fingerprint density at radius 1 is 1.13 bits per heavy atom. The van der Waals surface area contributed by atoms with Crippen molar-refractivity contribution in [1.82, 2.24) is 9.88 Å². The number of aliphatic hydroxyl groups is 1. The zero-order valence-corrected chi connectivity index (χ0v) is 16.0. The van der Waals surface area contributed by atoms with E-state index in [2.05, 4.69) is 4.98 Å². The maximum atomic E-state index is 12.6. The first-order valence-electron chi connectivity index (χ1n) is 9.28. The fourth-order valence-electron chi connectivity index (χ4n) is 3.11. The van der Waals surface area contributed by atoms with Gasteiger partial charge >= 0.3 is 6.18 Å². The van der Waals surface area contributed by atoms with Crippen molar-refractivity contribution < 1.29 is 27.9 Å². The molecule has 0 bridgehead atoms. The van der Waals surface area contributed by atoms with Crippen molar-refractivity contribution in [2.24, 2.45) is 0 Å². The lowest BCUT2D eigenvalue weighted by molar-refractivity contribution is -0.384. The normalized spacial score (nSPS) is 16.3. The molecule has 1 atom stereocenters. The highest BCUT2D eigenvalue weighted by molar-refractivity contribution is 5.40. The third-order valence-corrected chi connectivity index (χ3v) is 4.73. The SMILES string of the molecule is O=[N+]([O-])c1ccc(OCC(O)CN2CCN(c3ccc(C(F)(F)F)cn3)CC2)cc1. The smallest absolute Gasteiger partial charge is 0.417 e. The van der Waals surface area contributed by atoms with Crippen LogP contribution in [0.1, 0.15) is 5.56 Å². The van der Waals surface area contributed by atoms with Gasteiger partial charge in [-0.2, -0.15) is 13.2 Å². The molecule has 3 rings (SSSR count). The molecule has 1 aromatic carbocycles. The Hall–Kier alpha value is -2.92. The molecule has 0 radical (unpaired) electrons. The fraction of sp³-hybridized carbons (Fsp3) is 0.421. The number of benzene rings is 1. The molecular weight excluding hydrogens is 405 g/mol. The van der Waals surface area contributed by atoms with E-state index in [1.165, 1.54) is 30.3 Å². The minimum atomic E-state index is -4.41. The fourth-order valence-corrected chi connectivity index (χ4v) is 3.11. The van der Waals surface area contributed by atoms with Crippen LogP contribution in [0.15, 0.2) is 42.6 Å². The van der Waals surface area contributed by atoms with E-state index in [1.54, 1.807) is 0 Å². The Balaban J connectivity index is 1.42. The van der Waals surface area contributed by atoms with Gasteiger partial charge in [-0.15, -0.1) is 0 Å². The van der Waals surface area contributed by atoms with Crippen LogP contribution in [-0.4, -0.2) is 65.3 Å². The van der Waals surface area contributed by atoms with Gasteiger partial charge in [0.15, 0.2) is 0 Å². The van der Waals surface area contributed by atoms with E-state index in [1.807, 2.05) is 9.80 Å². The zero-order valence-electron chi connectivity index (χ0n) is 16.0. The van der Waals surface area contributed by atoms with Crippen molar-refractivity contribution in [1.29, 1.82) is 0 Å². The van der Waals surface area contributed by atoms with Crippen molar-refractivity contribution in [2.45, 2.75) is 12.3 Å². The van der Waals surface area contributed by atoms with Crippen LogP contribution in [-0.2, 0) is 6.18 Å². The predicted molar refractivity (Wildman–Crippen MR) is 102 cm³/mol. The number of nitro benzene ring substituents is 1. The number of hydrogen-bond acceptors (Lipinski definition) is 7. The Morgan fingerprint density at radius 3 is 2.33 bits per heavy atom. The van der Waals surface area contributed by atoms with Gasteiger partial charge in [-0.1, -0.05) is 0 Å². The average Bonchev–Trinajstić information content (AvgIpc) is 2.72. The largest absolute Gasteiger partial charge is 0.491 e. The topological polar surface area (TPSA) is 92.0 Å². The van der Waals surface area contributed by atoms with Crippen molar-refractivity contribution in [3.8, 4) is 5.75 Å². The number of pyridine rings is 1. The molecule has 1 fully saturated rings. The number of β-amino-alcohol motifs (C(OH)–C–C–N with tert-alkyl or cyclic N) is 1. The van der Waals surface area contributed by atoms with E-state index in [0.29, 0.717) is 44.3 Å². The van der Waals surface area contributed by atoms with Gasteiger partial charge in [0.1, 0.15) is 24.3 Å². The van der Waals surface area contributed by atoms with Gasteiger partial charge in [-0.25, -0.2) is 4.98 Å². The van der Waals surface area contributed by atoms with E-state index in [0.717, 1.165) is 12.3 Å². The molecule has 0 amide bonds. The number of nitro groups is 1. The number of aliphatic hydroxyl groups excluding tert-OH is 1. The van der Waals surface area contributed by atoms with Crippen LogP contribution >= 0.6 is 0 Å². The summed E-state index contributed by atoms with van der Waals surface area (Å²) in [4.78, 5) is 18.0. The maximum Gasteiger partial charge on any atom is 0.417 e. The Kier molecular flexibility index (Phi) is 6.73. The van der Waals surface area contributed by atoms with Crippen LogP contribution in [0, 0.1) is 10.1 Å². The Bertz CT molecular complexity index is 838. The van der Waals surface area contributed by atoms with Crippen LogP contribution in [0.25, 0.3) is 0 Å². The van der Waals surface area contributed by atoms with E-state index in [-0.39, 0.29) is 12.3 Å². The molecule has 162 valence electrons. The lowest BCUT2D eigenvalue weighted by Crippen LogP contribution is -2.49. The van der Waals surface area contributed by atoms with Crippen molar-refractivity contribution in [2.75, 3.05) is 44.2 Å². The van der Waals surface area contributed by atoms with Crippen LogP contribution < -0.4 is 9.64 Å².